The summed E-state index contributed by atoms with van der Waals surface area (Å²) in [5.41, 5.74) is 2.85. The monoisotopic (exact) mass is 484 g/mol. The summed E-state index contributed by atoms with van der Waals surface area (Å²) in [6.07, 6.45) is 4.59. The van der Waals surface area contributed by atoms with Crippen molar-refractivity contribution < 1.29 is 4.79 Å². The predicted molar refractivity (Wildman–Crippen MR) is 126 cm³/mol. The Kier molecular flexibility index (Phi) is 6.79. The van der Waals surface area contributed by atoms with E-state index in [1.54, 1.807) is 11.3 Å². The molecule has 2 aromatic heterocycles. The van der Waals surface area contributed by atoms with Crippen molar-refractivity contribution in [1.29, 1.82) is 0 Å². The van der Waals surface area contributed by atoms with Gasteiger partial charge in [0, 0.05) is 41.2 Å². The Morgan fingerprint density at radius 2 is 2.10 bits per heavy atom. The van der Waals surface area contributed by atoms with E-state index in [0.717, 1.165) is 51.1 Å². The fraction of sp³-hybridized carbons (Fsp3) is 0.348. The van der Waals surface area contributed by atoms with Gasteiger partial charge in [-0.2, -0.15) is 0 Å². The highest BCUT2D eigenvalue weighted by molar-refractivity contribution is 9.10. The molecule has 5 nitrogen and oxygen atoms in total. The van der Waals surface area contributed by atoms with Gasteiger partial charge < -0.3 is 10.2 Å². The molecule has 1 aliphatic heterocycles. The van der Waals surface area contributed by atoms with Crippen LogP contribution in [0.4, 0.5) is 5.82 Å². The number of nitrogens with one attached hydrogen (secondary N) is 1. The molecule has 7 heteroatoms. The highest BCUT2D eigenvalue weighted by Crippen LogP contribution is 2.26. The number of carbonyl (C=O) groups is 1. The van der Waals surface area contributed by atoms with Gasteiger partial charge in [0.2, 0.25) is 5.91 Å². The van der Waals surface area contributed by atoms with Crippen LogP contribution in [0.5, 0.6) is 0 Å². The molecule has 0 saturated carbocycles. The summed E-state index contributed by atoms with van der Waals surface area (Å²) < 4.78 is 1.02. The Labute approximate surface area is 189 Å². The second kappa shape index (κ2) is 9.71. The van der Waals surface area contributed by atoms with Crippen LogP contribution in [0, 0.1) is 5.92 Å². The van der Waals surface area contributed by atoms with Gasteiger partial charge in [-0.1, -0.05) is 41.1 Å². The molecule has 0 radical (unpaired) electrons. The number of piperidine rings is 1. The molecule has 1 N–H and O–H groups in total. The van der Waals surface area contributed by atoms with Crippen LogP contribution < -0.4 is 10.2 Å². The fourth-order valence-corrected chi connectivity index (χ4v) is 4.73. The molecule has 3 heterocycles. The average Bonchev–Trinajstić information content (AvgIpc) is 3.22. The van der Waals surface area contributed by atoms with Gasteiger partial charge in [0.25, 0.3) is 0 Å². The lowest BCUT2D eigenvalue weighted by Gasteiger charge is -2.31. The van der Waals surface area contributed by atoms with Gasteiger partial charge >= 0.3 is 0 Å². The van der Waals surface area contributed by atoms with E-state index in [-0.39, 0.29) is 12.3 Å². The zero-order valence-electron chi connectivity index (χ0n) is 17.0. The van der Waals surface area contributed by atoms with Crippen LogP contribution in [-0.2, 0) is 17.8 Å². The minimum Gasteiger partial charge on any atom is -0.357 e. The zero-order chi connectivity index (χ0) is 20.9. The molecule has 1 aromatic carbocycles. The Balaban J connectivity index is 1.28. The molecule has 30 heavy (non-hydrogen) atoms. The summed E-state index contributed by atoms with van der Waals surface area (Å²) in [4.78, 5) is 23.9. The fourth-order valence-electron chi connectivity index (χ4n) is 3.52. The number of anilines is 1. The number of halogens is 1. The lowest BCUT2D eigenvalue weighted by Crippen LogP contribution is -2.33. The van der Waals surface area contributed by atoms with E-state index in [2.05, 4.69) is 55.2 Å². The number of benzene rings is 1. The largest absolute Gasteiger partial charge is 0.357 e. The summed E-state index contributed by atoms with van der Waals surface area (Å²) in [5.74, 6) is 1.80. The van der Waals surface area contributed by atoms with Crippen LogP contribution >= 0.6 is 27.3 Å². The van der Waals surface area contributed by atoms with Gasteiger partial charge in [0.1, 0.15) is 10.8 Å². The van der Waals surface area contributed by atoms with Crippen molar-refractivity contribution in [1.82, 2.24) is 15.3 Å². The quantitative estimate of drug-likeness (QED) is 0.530. The van der Waals surface area contributed by atoms with Crippen LogP contribution in [0.3, 0.4) is 0 Å². The van der Waals surface area contributed by atoms with E-state index in [9.17, 15) is 4.79 Å². The number of pyridine rings is 1. The molecule has 0 bridgehead atoms. The number of thiazole rings is 1. The molecule has 1 fully saturated rings. The highest BCUT2D eigenvalue weighted by atomic mass is 79.9. The first-order valence-corrected chi connectivity index (χ1v) is 11.9. The predicted octanol–water partition coefficient (Wildman–Crippen LogP) is 5.06. The molecule has 3 aromatic rings. The molecule has 0 unspecified atom stereocenters. The van der Waals surface area contributed by atoms with Gasteiger partial charge in [-0.25, -0.2) is 9.97 Å². The first kappa shape index (κ1) is 21.0. The molecule has 1 saturated heterocycles. The molecule has 0 atom stereocenters. The summed E-state index contributed by atoms with van der Waals surface area (Å²) in [6.45, 7) is 4.93. The molecule has 1 amide bonds. The Hall–Kier alpha value is -2.25. The van der Waals surface area contributed by atoms with E-state index in [0.29, 0.717) is 6.54 Å². The Morgan fingerprint density at radius 1 is 1.27 bits per heavy atom. The van der Waals surface area contributed by atoms with Crippen molar-refractivity contribution in [2.45, 2.75) is 32.7 Å². The molecule has 0 aliphatic carbocycles. The number of rotatable bonds is 6. The van der Waals surface area contributed by atoms with E-state index < -0.39 is 0 Å². The molecular formula is C23H25BrN4OS. The van der Waals surface area contributed by atoms with Gasteiger partial charge in [-0.15, -0.1) is 11.3 Å². The third-order valence-corrected chi connectivity index (χ3v) is 6.80. The van der Waals surface area contributed by atoms with Crippen LogP contribution in [-0.4, -0.2) is 29.0 Å². The Morgan fingerprint density at radius 3 is 2.83 bits per heavy atom. The average molecular weight is 485 g/mol. The van der Waals surface area contributed by atoms with Gasteiger partial charge in [0.05, 0.1) is 12.1 Å². The molecule has 156 valence electrons. The molecule has 4 rings (SSSR count). The van der Waals surface area contributed by atoms with E-state index >= 15 is 0 Å². The van der Waals surface area contributed by atoms with Crippen LogP contribution in [0.2, 0.25) is 0 Å². The summed E-state index contributed by atoms with van der Waals surface area (Å²) in [6, 6.07) is 12.1. The van der Waals surface area contributed by atoms with Crippen LogP contribution in [0.1, 0.15) is 31.0 Å². The number of hydrogen-bond donors (Lipinski definition) is 1. The highest BCUT2D eigenvalue weighted by Gasteiger charge is 2.16. The maximum absolute atomic E-state index is 12.3. The van der Waals surface area contributed by atoms with E-state index in [1.807, 2.05) is 35.8 Å². The van der Waals surface area contributed by atoms with Gasteiger partial charge in [-0.3, -0.25) is 4.79 Å². The topological polar surface area (TPSA) is 58.1 Å². The van der Waals surface area contributed by atoms with E-state index in [1.165, 1.54) is 12.8 Å². The smallest absolute Gasteiger partial charge is 0.226 e. The first-order valence-electron chi connectivity index (χ1n) is 10.2. The molecular weight excluding hydrogens is 460 g/mol. The van der Waals surface area contributed by atoms with Crippen molar-refractivity contribution in [3.63, 3.8) is 0 Å². The van der Waals surface area contributed by atoms with Gasteiger partial charge in [0.15, 0.2) is 0 Å². The number of hydrogen-bond acceptors (Lipinski definition) is 5. The lowest BCUT2D eigenvalue weighted by atomic mass is 9.99. The Bertz CT molecular complexity index is 996. The molecule has 0 spiro atoms. The molecule has 1 aliphatic rings. The number of aromatic nitrogens is 2. The minimum absolute atomic E-state index is 0.0322. The first-order chi connectivity index (χ1) is 14.6. The van der Waals surface area contributed by atoms with Crippen molar-refractivity contribution >= 4 is 39.0 Å². The lowest BCUT2D eigenvalue weighted by molar-refractivity contribution is -0.120. The normalized spacial score (nSPS) is 14.7. The summed E-state index contributed by atoms with van der Waals surface area (Å²) in [7, 11) is 0. The second-order valence-electron chi connectivity index (χ2n) is 7.80. The van der Waals surface area contributed by atoms with Crippen molar-refractivity contribution in [2.24, 2.45) is 5.92 Å². The van der Waals surface area contributed by atoms with Crippen molar-refractivity contribution in [3.05, 3.63) is 63.7 Å². The standard InChI is InChI=1S/C23H25BrN4OS/c1-16-7-9-28(10-8-16)21-6-5-17(13-25-21)14-26-22(29)12-20-15-30-23(27-20)18-3-2-4-19(24)11-18/h2-6,11,13,15-16H,7-10,12,14H2,1H3,(H,26,29). The van der Waals surface area contributed by atoms with Crippen LogP contribution in [0.25, 0.3) is 10.6 Å². The van der Waals surface area contributed by atoms with Crippen LogP contribution in [0.15, 0.2) is 52.4 Å². The SMILES string of the molecule is CC1CCN(c2ccc(CNC(=O)Cc3csc(-c4cccc(Br)c4)n3)cn2)CC1. The number of nitrogens with zero attached hydrogens (tertiary/aromatic N) is 3. The number of carbonyl (C=O) groups excluding carboxylic acids is 1. The van der Waals surface area contributed by atoms with Crippen molar-refractivity contribution in [2.75, 3.05) is 18.0 Å². The minimum atomic E-state index is -0.0322. The third-order valence-electron chi connectivity index (χ3n) is 5.37. The van der Waals surface area contributed by atoms with E-state index in [4.69, 9.17) is 0 Å². The van der Waals surface area contributed by atoms with Crippen molar-refractivity contribution in [3.8, 4) is 10.6 Å². The third kappa shape index (κ3) is 5.46. The maximum atomic E-state index is 12.3. The summed E-state index contributed by atoms with van der Waals surface area (Å²) >= 11 is 5.04. The summed E-state index contributed by atoms with van der Waals surface area (Å²) in [5, 5.41) is 5.85. The van der Waals surface area contributed by atoms with Gasteiger partial charge in [-0.05, 0) is 42.5 Å². The zero-order valence-corrected chi connectivity index (χ0v) is 19.4. The maximum Gasteiger partial charge on any atom is 0.226 e. The second-order valence-corrected chi connectivity index (χ2v) is 9.58. The number of amides is 1.